The third-order valence-corrected chi connectivity index (χ3v) is 3.73. The second-order valence-corrected chi connectivity index (χ2v) is 5.02. The molecule has 4 nitrogen and oxygen atoms in total. The van der Waals surface area contributed by atoms with Crippen molar-refractivity contribution in [1.29, 1.82) is 0 Å². The van der Waals surface area contributed by atoms with Gasteiger partial charge in [-0.1, -0.05) is 12.1 Å². The number of amides is 1. The van der Waals surface area contributed by atoms with Crippen LogP contribution in [0.1, 0.15) is 37.0 Å². The number of rotatable bonds is 5. The monoisotopic (exact) mass is 276 g/mol. The highest BCUT2D eigenvalue weighted by Gasteiger charge is 2.26. The number of piperidine rings is 1. The highest BCUT2D eigenvalue weighted by molar-refractivity contribution is 5.97. The summed E-state index contributed by atoms with van der Waals surface area (Å²) >= 11 is 0. The zero-order chi connectivity index (χ0) is 14.4. The standard InChI is InChI=1S/C16H24N2O2/c1-3-18(13-8-7-11-17-12-13)16(19)14-9-5-6-10-15(14)20-4-2/h5-6,9-10,13,17H,3-4,7-8,11-12H2,1-2H3. The minimum Gasteiger partial charge on any atom is -0.493 e. The minimum atomic E-state index is 0.0743. The van der Waals surface area contributed by atoms with Crippen LogP contribution >= 0.6 is 0 Å². The molecule has 0 aromatic heterocycles. The number of carbonyl (C=O) groups excluding carboxylic acids is 1. The van der Waals surface area contributed by atoms with Gasteiger partial charge >= 0.3 is 0 Å². The smallest absolute Gasteiger partial charge is 0.257 e. The Morgan fingerprint density at radius 3 is 2.85 bits per heavy atom. The molecule has 2 rings (SSSR count). The van der Waals surface area contributed by atoms with Crippen molar-refractivity contribution >= 4 is 5.91 Å². The molecular formula is C16H24N2O2. The molecule has 0 saturated carbocycles. The Balaban J connectivity index is 2.19. The Hall–Kier alpha value is -1.55. The molecule has 1 aromatic carbocycles. The number of nitrogens with one attached hydrogen (secondary N) is 1. The molecule has 1 aliphatic heterocycles. The fourth-order valence-corrected chi connectivity index (χ4v) is 2.75. The Morgan fingerprint density at radius 2 is 2.20 bits per heavy atom. The largest absolute Gasteiger partial charge is 0.493 e. The predicted octanol–water partition coefficient (Wildman–Crippen LogP) is 2.30. The van der Waals surface area contributed by atoms with Gasteiger partial charge in [0.2, 0.25) is 0 Å². The van der Waals surface area contributed by atoms with E-state index in [-0.39, 0.29) is 11.9 Å². The van der Waals surface area contributed by atoms with Crippen molar-refractivity contribution < 1.29 is 9.53 Å². The summed E-state index contributed by atoms with van der Waals surface area (Å²) in [5.41, 5.74) is 0.668. The predicted molar refractivity (Wildman–Crippen MR) is 80.2 cm³/mol. The number of carbonyl (C=O) groups is 1. The zero-order valence-corrected chi connectivity index (χ0v) is 12.4. The van der Waals surface area contributed by atoms with Crippen LogP contribution in [0, 0.1) is 0 Å². The normalized spacial score (nSPS) is 18.6. The molecule has 0 radical (unpaired) electrons. The summed E-state index contributed by atoms with van der Waals surface area (Å²) in [5, 5.41) is 3.37. The van der Waals surface area contributed by atoms with Crippen molar-refractivity contribution in [2.75, 3.05) is 26.2 Å². The number of likely N-dealkylation sites (N-methyl/N-ethyl adjacent to an activating group) is 1. The van der Waals surface area contributed by atoms with E-state index in [1.165, 1.54) is 0 Å². The molecule has 0 bridgehead atoms. The van der Waals surface area contributed by atoms with Crippen LogP contribution in [-0.2, 0) is 0 Å². The molecule has 1 N–H and O–H groups in total. The molecule has 0 aliphatic carbocycles. The van der Waals surface area contributed by atoms with Crippen molar-refractivity contribution in [2.45, 2.75) is 32.7 Å². The molecule has 1 saturated heterocycles. The summed E-state index contributed by atoms with van der Waals surface area (Å²) in [7, 11) is 0. The lowest BCUT2D eigenvalue weighted by molar-refractivity contribution is 0.0658. The average Bonchev–Trinajstić information content (AvgIpc) is 2.50. The third kappa shape index (κ3) is 3.31. The lowest BCUT2D eigenvalue weighted by Gasteiger charge is -2.34. The molecule has 4 heteroatoms. The summed E-state index contributed by atoms with van der Waals surface area (Å²) in [5.74, 6) is 0.757. The number of para-hydroxylation sites is 1. The van der Waals surface area contributed by atoms with E-state index in [1.807, 2.05) is 43.0 Å². The number of nitrogens with zero attached hydrogens (tertiary/aromatic N) is 1. The average molecular weight is 276 g/mol. The van der Waals surface area contributed by atoms with E-state index < -0.39 is 0 Å². The van der Waals surface area contributed by atoms with Gasteiger partial charge in [-0.25, -0.2) is 0 Å². The minimum absolute atomic E-state index is 0.0743. The first-order valence-corrected chi connectivity index (χ1v) is 7.51. The van der Waals surface area contributed by atoms with Crippen LogP contribution in [0.15, 0.2) is 24.3 Å². The molecule has 110 valence electrons. The van der Waals surface area contributed by atoms with Gasteiger partial charge < -0.3 is 15.0 Å². The van der Waals surface area contributed by atoms with E-state index in [0.29, 0.717) is 17.9 Å². The maximum absolute atomic E-state index is 12.8. The topological polar surface area (TPSA) is 41.6 Å². The molecule has 1 fully saturated rings. The molecule has 20 heavy (non-hydrogen) atoms. The highest BCUT2D eigenvalue weighted by Crippen LogP contribution is 2.22. The lowest BCUT2D eigenvalue weighted by Crippen LogP contribution is -2.48. The highest BCUT2D eigenvalue weighted by atomic mass is 16.5. The molecule has 1 atom stereocenters. The zero-order valence-electron chi connectivity index (χ0n) is 12.4. The summed E-state index contributed by atoms with van der Waals surface area (Å²) in [4.78, 5) is 14.8. The van der Waals surface area contributed by atoms with Gasteiger partial charge in [0.1, 0.15) is 5.75 Å². The Kier molecular flexibility index (Phi) is 5.41. The van der Waals surface area contributed by atoms with Gasteiger partial charge in [-0.05, 0) is 45.4 Å². The summed E-state index contributed by atoms with van der Waals surface area (Å²) in [6.45, 7) is 7.21. The van der Waals surface area contributed by atoms with Crippen molar-refractivity contribution in [3.8, 4) is 5.75 Å². The quantitative estimate of drug-likeness (QED) is 0.897. The first-order chi connectivity index (χ1) is 9.77. The van der Waals surface area contributed by atoms with Crippen LogP contribution in [0.4, 0.5) is 0 Å². The van der Waals surface area contributed by atoms with Crippen LogP contribution in [-0.4, -0.2) is 43.1 Å². The van der Waals surface area contributed by atoms with Gasteiger partial charge in [0.25, 0.3) is 5.91 Å². The Labute approximate surface area is 121 Å². The summed E-state index contributed by atoms with van der Waals surface area (Å²) in [6, 6.07) is 7.80. The Bertz CT molecular complexity index is 442. The number of hydrogen-bond acceptors (Lipinski definition) is 3. The number of hydrogen-bond donors (Lipinski definition) is 1. The van der Waals surface area contributed by atoms with Crippen LogP contribution in [0.2, 0.25) is 0 Å². The first-order valence-electron chi connectivity index (χ1n) is 7.51. The maximum Gasteiger partial charge on any atom is 0.257 e. The van der Waals surface area contributed by atoms with Crippen LogP contribution in [0.3, 0.4) is 0 Å². The third-order valence-electron chi connectivity index (χ3n) is 3.73. The molecule has 1 aliphatic rings. The van der Waals surface area contributed by atoms with Crippen LogP contribution in [0.5, 0.6) is 5.75 Å². The van der Waals surface area contributed by atoms with Gasteiger partial charge in [0.05, 0.1) is 12.2 Å². The summed E-state index contributed by atoms with van der Waals surface area (Å²) < 4.78 is 5.58. The van der Waals surface area contributed by atoms with E-state index in [1.54, 1.807) is 0 Å². The van der Waals surface area contributed by atoms with E-state index in [4.69, 9.17) is 4.74 Å². The fourth-order valence-electron chi connectivity index (χ4n) is 2.75. The lowest BCUT2D eigenvalue weighted by atomic mass is 10.0. The van der Waals surface area contributed by atoms with Gasteiger partial charge in [-0.2, -0.15) is 0 Å². The maximum atomic E-state index is 12.8. The van der Waals surface area contributed by atoms with Crippen molar-refractivity contribution in [1.82, 2.24) is 10.2 Å². The van der Waals surface area contributed by atoms with E-state index >= 15 is 0 Å². The second kappa shape index (κ2) is 7.29. The van der Waals surface area contributed by atoms with Crippen molar-refractivity contribution in [2.24, 2.45) is 0 Å². The van der Waals surface area contributed by atoms with Gasteiger partial charge in [0, 0.05) is 19.1 Å². The van der Waals surface area contributed by atoms with Crippen molar-refractivity contribution in [3.63, 3.8) is 0 Å². The van der Waals surface area contributed by atoms with Gasteiger partial charge in [0.15, 0.2) is 0 Å². The second-order valence-electron chi connectivity index (χ2n) is 5.02. The van der Waals surface area contributed by atoms with E-state index in [9.17, 15) is 4.79 Å². The molecule has 1 aromatic rings. The van der Waals surface area contributed by atoms with Gasteiger partial charge in [-0.15, -0.1) is 0 Å². The summed E-state index contributed by atoms with van der Waals surface area (Å²) in [6.07, 6.45) is 2.20. The number of benzene rings is 1. The molecule has 1 unspecified atom stereocenters. The van der Waals surface area contributed by atoms with Crippen molar-refractivity contribution in [3.05, 3.63) is 29.8 Å². The first kappa shape index (κ1) is 14.9. The Morgan fingerprint density at radius 1 is 1.40 bits per heavy atom. The fraction of sp³-hybridized carbons (Fsp3) is 0.562. The van der Waals surface area contributed by atoms with E-state index in [0.717, 1.165) is 32.5 Å². The molecule has 0 spiro atoms. The molecule has 1 heterocycles. The van der Waals surface area contributed by atoms with E-state index in [2.05, 4.69) is 5.32 Å². The molecular weight excluding hydrogens is 252 g/mol. The SMILES string of the molecule is CCOc1ccccc1C(=O)N(CC)C1CCCNC1. The van der Waals surface area contributed by atoms with Crippen LogP contribution in [0.25, 0.3) is 0 Å². The van der Waals surface area contributed by atoms with Gasteiger partial charge in [-0.3, -0.25) is 4.79 Å². The van der Waals surface area contributed by atoms with Crippen LogP contribution < -0.4 is 10.1 Å². The molecule has 1 amide bonds. The number of ether oxygens (including phenoxy) is 1.